The highest BCUT2D eigenvalue weighted by Gasteiger charge is 2.22. The normalized spacial score (nSPS) is 13.2. The van der Waals surface area contributed by atoms with E-state index in [1.54, 1.807) is 30.1 Å². The molecule has 3 aromatic rings. The fraction of sp³-hybridized carbons (Fsp3) is 0.304. The summed E-state index contributed by atoms with van der Waals surface area (Å²) in [5.74, 6) is -0.0563. The predicted molar refractivity (Wildman–Crippen MR) is 114 cm³/mol. The van der Waals surface area contributed by atoms with Crippen molar-refractivity contribution in [1.29, 1.82) is 0 Å². The van der Waals surface area contributed by atoms with E-state index >= 15 is 0 Å². The summed E-state index contributed by atoms with van der Waals surface area (Å²) in [5.41, 5.74) is 4.01. The predicted octanol–water partition coefficient (Wildman–Crippen LogP) is 4.64. The second-order valence-electron chi connectivity index (χ2n) is 7.30. The molecule has 6 heteroatoms. The Labute approximate surface area is 174 Å². The first-order valence-electron chi connectivity index (χ1n) is 9.89. The molecule has 0 spiro atoms. The molecular formula is C23H24FN3OS. The lowest BCUT2D eigenvalue weighted by Crippen LogP contribution is -2.28. The molecule has 1 heterocycles. The van der Waals surface area contributed by atoms with Crippen LogP contribution in [0.4, 0.5) is 4.39 Å². The van der Waals surface area contributed by atoms with Crippen LogP contribution < -0.4 is 0 Å². The maximum Gasteiger partial charge on any atom is 0.233 e. The van der Waals surface area contributed by atoms with Crippen LogP contribution in [0.25, 0.3) is 5.69 Å². The summed E-state index contributed by atoms with van der Waals surface area (Å²) in [7, 11) is 1.71. The van der Waals surface area contributed by atoms with Gasteiger partial charge in [0, 0.05) is 30.5 Å². The molecule has 0 aliphatic heterocycles. The van der Waals surface area contributed by atoms with Crippen LogP contribution in [-0.4, -0.2) is 33.2 Å². The van der Waals surface area contributed by atoms with Gasteiger partial charge < -0.3 is 4.90 Å². The summed E-state index contributed by atoms with van der Waals surface area (Å²) in [6.07, 6.45) is 4.33. The molecule has 0 atom stereocenters. The van der Waals surface area contributed by atoms with Gasteiger partial charge in [-0.1, -0.05) is 48.2 Å². The quantitative estimate of drug-likeness (QED) is 0.557. The summed E-state index contributed by atoms with van der Waals surface area (Å²) in [4.78, 5) is 19.1. The SMILES string of the molecule is CN(Cc1ccccc1F)C(=O)CSc1nc2c(n1-c1ccccc1)CCCC2. The molecule has 1 aliphatic carbocycles. The molecule has 1 amide bonds. The fourth-order valence-corrected chi connectivity index (χ4v) is 4.66. The Morgan fingerprint density at radius 1 is 1.10 bits per heavy atom. The maximum absolute atomic E-state index is 13.9. The van der Waals surface area contributed by atoms with Crippen LogP contribution in [0.1, 0.15) is 29.8 Å². The monoisotopic (exact) mass is 409 g/mol. The minimum Gasteiger partial charge on any atom is -0.341 e. The van der Waals surface area contributed by atoms with Crippen LogP contribution in [0.5, 0.6) is 0 Å². The zero-order chi connectivity index (χ0) is 20.2. The molecule has 0 unspecified atom stereocenters. The van der Waals surface area contributed by atoms with Gasteiger partial charge in [0.15, 0.2) is 5.16 Å². The molecule has 0 bridgehead atoms. The number of halogens is 1. The summed E-state index contributed by atoms with van der Waals surface area (Å²) in [5, 5.41) is 0.857. The van der Waals surface area contributed by atoms with Crippen molar-refractivity contribution in [2.24, 2.45) is 0 Å². The summed E-state index contributed by atoms with van der Waals surface area (Å²) >= 11 is 1.45. The van der Waals surface area contributed by atoms with Crippen molar-refractivity contribution in [3.8, 4) is 5.69 Å². The smallest absolute Gasteiger partial charge is 0.233 e. The Morgan fingerprint density at radius 3 is 2.62 bits per heavy atom. The van der Waals surface area contributed by atoms with Crippen LogP contribution in [0, 0.1) is 5.82 Å². The van der Waals surface area contributed by atoms with Crippen molar-refractivity contribution in [1.82, 2.24) is 14.5 Å². The average molecular weight is 410 g/mol. The molecule has 4 rings (SSSR count). The van der Waals surface area contributed by atoms with Crippen LogP contribution in [0.2, 0.25) is 0 Å². The number of hydrogen-bond donors (Lipinski definition) is 0. The van der Waals surface area contributed by atoms with Gasteiger partial charge >= 0.3 is 0 Å². The molecule has 150 valence electrons. The van der Waals surface area contributed by atoms with E-state index in [0.29, 0.717) is 5.56 Å². The van der Waals surface area contributed by atoms with Crippen LogP contribution >= 0.6 is 11.8 Å². The summed E-state index contributed by atoms with van der Waals surface area (Å²) in [6.45, 7) is 0.260. The molecule has 0 fully saturated rings. The van der Waals surface area contributed by atoms with Gasteiger partial charge in [0.25, 0.3) is 0 Å². The van der Waals surface area contributed by atoms with Crippen molar-refractivity contribution < 1.29 is 9.18 Å². The van der Waals surface area contributed by atoms with Gasteiger partial charge in [-0.25, -0.2) is 9.37 Å². The first-order chi connectivity index (χ1) is 14.1. The highest BCUT2D eigenvalue weighted by atomic mass is 32.2. The summed E-state index contributed by atoms with van der Waals surface area (Å²) < 4.78 is 16.1. The van der Waals surface area contributed by atoms with Crippen molar-refractivity contribution in [2.75, 3.05) is 12.8 Å². The third kappa shape index (κ3) is 4.37. The lowest BCUT2D eigenvalue weighted by molar-refractivity contribution is -0.127. The second kappa shape index (κ2) is 8.82. The molecule has 29 heavy (non-hydrogen) atoms. The molecular weight excluding hydrogens is 385 g/mol. The molecule has 0 N–H and O–H groups in total. The number of carbonyl (C=O) groups is 1. The minimum absolute atomic E-state index is 0.0427. The Morgan fingerprint density at radius 2 is 1.83 bits per heavy atom. The standard InChI is InChI=1S/C23H24FN3OS/c1-26(15-17-9-5-6-12-19(17)24)22(28)16-29-23-25-20-13-7-8-14-21(20)27(23)18-10-3-2-4-11-18/h2-6,9-12H,7-8,13-16H2,1H3. The minimum atomic E-state index is -0.285. The average Bonchev–Trinajstić information content (AvgIpc) is 3.12. The van der Waals surface area contributed by atoms with Gasteiger partial charge in [0.05, 0.1) is 11.4 Å². The van der Waals surface area contributed by atoms with Crippen molar-refractivity contribution in [3.05, 3.63) is 77.4 Å². The highest BCUT2D eigenvalue weighted by molar-refractivity contribution is 7.99. The van der Waals surface area contributed by atoms with E-state index in [-0.39, 0.29) is 24.0 Å². The first kappa shape index (κ1) is 19.7. The number of rotatable bonds is 6. The first-order valence-corrected chi connectivity index (χ1v) is 10.9. The lowest BCUT2D eigenvalue weighted by atomic mass is 10.0. The Bertz CT molecular complexity index is 1000. The van der Waals surface area contributed by atoms with Gasteiger partial charge in [0.2, 0.25) is 5.91 Å². The van der Waals surface area contributed by atoms with Gasteiger partial charge in [-0.05, 0) is 43.9 Å². The molecule has 2 aromatic carbocycles. The summed E-state index contributed by atoms with van der Waals surface area (Å²) in [6, 6.07) is 16.8. The van der Waals surface area contributed by atoms with Gasteiger partial charge in [-0.15, -0.1) is 0 Å². The van der Waals surface area contributed by atoms with Crippen molar-refractivity contribution >= 4 is 17.7 Å². The number of amides is 1. The highest BCUT2D eigenvalue weighted by Crippen LogP contribution is 2.30. The zero-order valence-corrected chi connectivity index (χ0v) is 17.3. The van der Waals surface area contributed by atoms with Crippen LogP contribution in [-0.2, 0) is 24.2 Å². The number of para-hydroxylation sites is 1. The molecule has 0 radical (unpaired) electrons. The van der Waals surface area contributed by atoms with Crippen LogP contribution in [0.3, 0.4) is 0 Å². The van der Waals surface area contributed by atoms with Crippen molar-refractivity contribution in [3.63, 3.8) is 0 Å². The molecule has 0 saturated carbocycles. The Balaban J connectivity index is 1.50. The van der Waals surface area contributed by atoms with E-state index < -0.39 is 0 Å². The van der Waals surface area contributed by atoms with Gasteiger partial charge in [0.1, 0.15) is 5.82 Å². The van der Waals surface area contributed by atoms with Crippen molar-refractivity contribution in [2.45, 2.75) is 37.4 Å². The van der Waals surface area contributed by atoms with E-state index in [0.717, 1.165) is 35.8 Å². The number of aryl methyl sites for hydroxylation is 1. The number of thioether (sulfide) groups is 1. The molecule has 4 nitrogen and oxygen atoms in total. The number of imidazole rings is 1. The van der Waals surface area contributed by atoms with E-state index in [2.05, 4.69) is 16.7 Å². The Hall–Kier alpha value is -2.60. The molecule has 0 saturated heterocycles. The topological polar surface area (TPSA) is 38.1 Å². The second-order valence-corrected chi connectivity index (χ2v) is 8.24. The molecule has 1 aromatic heterocycles. The number of aromatic nitrogens is 2. The van der Waals surface area contributed by atoms with Gasteiger partial charge in [-0.2, -0.15) is 0 Å². The van der Waals surface area contributed by atoms with E-state index in [1.807, 2.05) is 18.2 Å². The number of fused-ring (bicyclic) bond motifs is 1. The number of hydrogen-bond acceptors (Lipinski definition) is 3. The fourth-order valence-electron chi connectivity index (χ4n) is 3.66. The van der Waals surface area contributed by atoms with E-state index in [1.165, 1.54) is 29.9 Å². The van der Waals surface area contributed by atoms with Gasteiger partial charge in [-0.3, -0.25) is 9.36 Å². The Kier molecular flexibility index (Phi) is 6.00. The van der Waals surface area contributed by atoms with E-state index in [9.17, 15) is 9.18 Å². The maximum atomic E-state index is 13.9. The largest absolute Gasteiger partial charge is 0.341 e. The third-order valence-corrected chi connectivity index (χ3v) is 6.16. The van der Waals surface area contributed by atoms with Crippen LogP contribution in [0.15, 0.2) is 59.8 Å². The lowest BCUT2D eigenvalue weighted by Gasteiger charge is -2.18. The number of nitrogens with zero attached hydrogens (tertiary/aromatic N) is 3. The molecule has 1 aliphatic rings. The zero-order valence-electron chi connectivity index (χ0n) is 16.5. The number of carbonyl (C=O) groups excluding carboxylic acids is 1. The van der Waals surface area contributed by atoms with E-state index in [4.69, 9.17) is 4.98 Å². The number of benzene rings is 2. The third-order valence-electron chi connectivity index (χ3n) is 5.23.